The van der Waals surface area contributed by atoms with Gasteiger partial charge in [0.05, 0.1) is 6.04 Å². The number of urea groups is 1. The third-order valence-electron chi connectivity index (χ3n) is 4.00. The Bertz CT molecular complexity index is 874. The molecule has 2 atom stereocenters. The summed E-state index contributed by atoms with van der Waals surface area (Å²) in [6, 6.07) is 9.95. The van der Waals surface area contributed by atoms with Gasteiger partial charge in [0.25, 0.3) is 0 Å². The fourth-order valence-corrected chi connectivity index (χ4v) is 2.96. The van der Waals surface area contributed by atoms with Crippen molar-refractivity contribution in [3.63, 3.8) is 0 Å². The van der Waals surface area contributed by atoms with Crippen LogP contribution < -0.4 is 20.7 Å². The second-order valence-electron chi connectivity index (χ2n) is 6.02. The van der Waals surface area contributed by atoms with E-state index in [0.717, 1.165) is 12.1 Å². The summed E-state index contributed by atoms with van der Waals surface area (Å²) in [4.78, 5) is 23.8. The summed E-state index contributed by atoms with van der Waals surface area (Å²) in [5.74, 6) is -0.821. The lowest BCUT2D eigenvalue weighted by Gasteiger charge is -2.22. The van der Waals surface area contributed by atoms with Gasteiger partial charge < -0.3 is 20.7 Å². The first-order valence-corrected chi connectivity index (χ1v) is 8.55. The van der Waals surface area contributed by atoms with E-state index in [1.807, 2.05) is 0 Å². The van der Waals surface area contributed by atoms with Crippen molar-refractivity contribution in [3.05, 3.63) is 64.7 Å². The monoisotopic (exact) mass is 413 g/mol. The van der Waals surface area contributed by atoms with Gasteiger partial charge in [-0.2, -0.15) is 0 Å². The molecule has 3 rings (SSSR count). The quantitative estimate of drug-likeness (QED) is 0.704. The van der Waals surface area contributed by atoms with E-state index in [2.05, 4.69) is 20.7 Å². The van der Waals surface area contributed by atoms with E-state index in [9.17, 15) is 22.8 Å². The zero-order chi connectivity index (χ0) is 20.3. The fraction of sp³-hybridized carbons (Fsp3) is 0.222. The maximum atomic E-state index is 12.5. The van der Waals surface area contributed by atoms with Gasteiger partial charge in [0.2, 0.25) is 5.91 Å². The number of carbonyl (C=O) groups is 2. The number of ether oxygens (including phenoxy) is 1. The summed E-state index contributed by atoms with van der Waals surface area (Å²) >= 11 is 6.03. The van der Waals surface area contributed by atoms with Gasteiger partial charge in [0.15, 0.2) is 0 Å². The average Bonchev–Trinajstić information content (AvgIpc) is 3.05. The molecule has 2 aromatic carbocycles. The first-order chi connectivity index (χ1) is 13.2. The van der Waals surface area contributed by atoms with Gasteiger partial charge in [-0.3, -0.25) is 4.79 Å². The molecule has 2 aromatic rings. The van der Waals surface area contributed by atoms with Crippen LogP contribution in [0.15, 0.2) is 48.5 Å². The maximum Gasteiger partial charge on any atom is 0.573 e. The van der Waals surface area contributed by atoms with Crippen molar-refractivity contribution in [3.8, 4) is 5.75 Å². The molecule has 6 nitrogen and oxygen atoms in total. The molecule has 3 N–H and O–H groups in total. The van der Waals surface area contributed by atoms with Crippen LogP contribution >= 0.6 is 11.6 Å². The van der Waals surface area contributed by atoms with Crippen molar-refractivity contribution in [2.45, 2.75) is 18.4 Å². The van der Waals surface area contributed by atoms with Gasteiger partial charge in [-0.25, -0.2) is 4.79 Å². The van der Waals surface area contributed by atoms with E-state index in [0.29, 0.717) is 16.1 Å². The SMILES string of the molecule is O=C1NCC(C(=O)N[C@H](c2ccc(OC(F)(F)F)cc2)c2cccc(Cl)c2)N1. The van der Waals surface area contributed by atoms with Crippen LogP contribution in [0.25, 0.3) is 0 Å². The number of halogens is 4. The lowest BCUT2D eigenvalue weighted by atomic mass is 9.98. The minimum atomic E-state index is -4.80. The van der Waals surface area contributed by atoms with E-state index >= 15 is 0 Å². The molecular weight excluding hydrogens is 399 g/mol. The molecular formula is C18H15ClF3N3O3. The minimum absolute atomic E-state index is 0.130. The van der Waals surface area contributed by atoms with Gasteiger partial charge in [0, 0.05) is 11.6 Å². The molecule has 1 heterocycles. The molecule has 1 fully saturated rings. The second-order valence-corrected chi connectivity index (χ2v) is 6.46. The lowest BCUT2D eigenvalue weighted by Crippen LogP contribution is -2.44. The van der Waals surface area contributed by atoms with Gasteiger partial charge >= 0.3 is 12.4 Å². The van der Waals surface area contributed by atoms with Crippen molar-refractivity contribution < 1.29 is 27.5 Å². The van der Waals surface area contributed by atoms with Crippen LogP contribution in [0.2, 0.25) is 5.02 Å². The van der Waals surface area contributed by atoms with Crippen molar-refractivity contribution in [1.29, 1.82) is 0 Å². The first kappa shape index (κ1) is 19.8. The van der Waals surface area contributed by atoms with Crippen LogP contribution in [0, 0.1) is 0 Å². The number of carbonyl (C=O) groups excluding carboxylic acids is 2. The van der Waals surface area contributed by atoms with Crippen molar-refractivity contribution in [1.82, 2.24) is 16.0 Å². The zero-order valence-electron chi connectivity index (χ0n) is 14.2. The van der Waals surface area contributed by atoms with Gasteiger partial charge in [0.1, 0.15) is 11.8 Å². The van der Waals surface area contributed by atoms with Crippen LogP contribution in [0.4, 0.5) is 18.0 Å². The van der Waals surface area contributed by atoms with Crippen LogP contribution in [-0.2, 0) is 4.79 Å². The van der Waals surface area contributed by atoms with E-state index < -0.39 is 30.4 Å². The predicted molar refractivity (Wildman–Crippen MR) is 94.9 cm³/mol. The third kappa shape index (κ3) is 5.07. The standard InChI is InChI=1S/C18H15ClF3N3O3/c19-12-3-1-2-11(8-12)15(25-16(26)14-9-23-17(27)24-14)10-4-6-13(7-5-10)28-18(20,21)22/h1-8,14-15H,9H2,(H,25,26)(H2,23,24,27)/t14?,15-/m1/s1. The van der Waals surface area contributed by atoms with Crippen LogP contribution in [0.5, 0.6) is 5.75 Å². The van der Waals surface area contributed by atoms with Gasteiger partial charge in [-0.05, 0) is 35.4 Å². The maximum absolute atomic E-state index is 12.5. The summed E-state index contributed by atoms with van der Waals surface area (Å²) in [6.07, 6.45) is -4.80. The van der Waals surface area contributed by atoms with E-state index in [-0.39, 0.29) is 12.3 Å². The van der Waals surface area contributed by atoms with Crippen LogP contribution in [0.3, 0.4) is 0 Å². The highest BCUT2D eigenvalue weighted by Gasteiger charge is 2.32. The summed E-state index contributed by atoms with van der Waals surface area (Å²) < 4.78 is 40.9. The molecule has 1 aliphatic heterocycles. The molecule has 10 heteroatoms. The summed E-state index contributed by atoms with van der Waals surface area (Å²) in [5.41, 5.74) is 1.14. The molecule has 0 radical (unpaired) electrons. The molecule has 1 saturated heterocycles. The van der Waals surface area contributed by atoms with E-state index in [1.54, 1.807) is 24.3 Å². The molecule has 0 aliphatic carbocycles. The number of benzene rings is 2. The Hall–Kier alpha value is -2.94. The fourth-order valence-electron chi connectivity index (χ4n) is 2.76. The van der Waals surface area contributed by atoms with Crippen LogP contribution in [0.1, 0.15) is 17.2 Å². The van der Waals surface area contributed by atoms with Crippen LogP contribution in [-0.4, -0.2) is 30.9 Å². The number of hydrogen-bond acceptors (Lipinski definition) is 3. The number of hydrogen-bond donors (Lipinski definition) is 3. The predicted octanol–water partition coefficient (Wildman–Crippen LogP) is 3.13. The Kier molecular flexibility index (Phi) is 5.64. The molecule has 0 saturated carbocycles. The van der Waals surface area contributed by atoms with Crippen molar-refractivity contribution in [2.24, 2.45) is 0 Å². The minimum Gasteiger partial charge on any atom is -0.406 e. The molecule has 148 valence electrons. The molecule has 0 bridgehead atoms. The smallest absolute Gasteiger partial charge is 0.406 e. The van der Waals surface area contributed by atoms with E-state index in [1.165, 1.54) is 12.1 Å². The Balaban J connectivity index is 1.86. The number of amides is 3. The topological polar surface area (TPSA) is 79.5 Å². The second kappa shape index (κ2) is 7.97. The Morgan fingerprint density at radius 3 is 2.46 bits per heavy atom. The highest BCUT2D eigenvalue weighted by Crippen LogP contribution is 2.28. The Morgan fingerprint density at radius 1 is 1.18 bits per heavy atom. The number of alkyl halides is 3. The largest absolute Gasteiger partial charge is 0.573 e. The first-order valence-electron chi connectivity index (χ1n) is 8.17. The molecule has 0 spiro atoms. The summed E-state index contributed by atoms with van der Waals surface area (Å²) in [5, 5.41) is 8.19. The molecule has 3 amide bonds. The Labute approximate surface area is 163 Å². The highest BCUT2D eigenvalue weighted by atomic mass is 35.5. The lowest BCUT2D eigenvalue weighted by molar-refractivity contribution is -0.274. The highest BCUT2D eigenvalue weighted by molar-refractivity contribution is 6.30. The molecule has 28 heavy (non-hydrogen) atoms. The summed E-state index contributed by atoms with van der Waals surface area (Å²) in [6.45, 7) is 0.130. The van der Waals surface area contributed by atoms with Crippen molar-refractivity contribution >= 4 is 23.5 Å². The summed E-state index contributed by atoms with van der Waals surface area (Å²) in [7, 11) is 0. The number of nitrogens with one attached hydrogen (secondary N) is 3. The van der Waals surface area contributed by atoms with E-state index in [4.69, 9.17) is 11.6 Å². The van der Waals surface area contributed by atoms with Gasteiger partial charge in [-0.15, -0.1) is 13.2 Å². The molecule has 1 unspecified atom stereocenters. The average molecular weight is 414 g/mol. The molecule has 0 aromatic heterocycles. The normalized spacial score (nSPS) is 17.4. The zero-order valence-corrected chi connectivity index (χ0v) is 15.0. The Morgan fingerprint density at radius 2 is 1.89 bits per heavy atom. The van der Waals surface area contributed by atoms with Gasteiger partial charge in [-0.1, -0.05) is 35.9 Å². The molecule has 1 aliphatic rings. The number of rotatable bonds is 5. The third-order valence-corrected chi connectivity index (χ3v) is 4.24. The van der Waals surface area contributed by atoms with Crippen molar-refractivity contribution in [2.75, 3.05) is 6.54 Å².